The van der Waals surface area contributed by atoms with E-state index in [0.717, 1.165) is 66.2 Å². The van der Waals surface area contributed by atoms with Crippen LogP contribution in [0.15, 0.2) is 69.6 Å². The predicted molar refractivity (Wildman–Crippen MR) is 191 cm³/mol. The average molecular weight is 807 g/mol. The Labute approximate surface area is 291 Å². The summed E-state index contributed by atoms with van der Waals surface area (Å²) in [6, 6.07) is 20.4. The molecule has 2 atom stereocenters. The molecule has 0 fully saturated rings. The summed E-state index contributed by atoms with van der Waals surface area (Å²) in [7, 11) is 10.1. The Kier molecular flexibility index (Phi) is 12.5. The molecule has 0 aliphatic carbocycles. The zero-order valence-electron chi connectivity index (χ0n) is 26.6. The molecule has 0 radical (unpaired) electrons. The van der Waals surface area contributed by atoms with Gasteiger partial charge in [-0.3, -0.25) is 0 Å². The van der Waals surface area contributed by atoms with E-state index in [0.29, 0.717) is 23.2 Å². The number of halogens is 3. The fourth-order valence-corrected chi connectivity index (χ4v) is 8.33. The summed E-state index contributed by atoms with van der Waals surface area (Å²) in [4.78, 5) is 0. The minimum absolute atomic E-state index is 0.0191. The van der Waals surface area contributed by atoms with Crippen LogP contribution in [0.1, 0.15) is 58.6 Å². The lowest BCUT2D eigenvalue weighted by Crippen LogP contribution is -2.19. The van der Waals surface area contributed by atoms with Gasteiger partial charge in [-0.2, -0.15) is 0 Å². The molecule has 6 nitrogen and oxygen atoms in total. The van der Waals surface area contributed by atoms with Crippen LogP contribution in [-0.4, -0.2) is 42.7 Å². The zero-order valence-corrected chi connectivity index (χ0v) is 31.4. The third-order valence-electron chi connectivity index (χ3n) is 8.23. The SMILES string of the molecule is CCC(c1ccc(OC)cc1)C(c1c(OC)cc(OC)c(Br)c1CBr)c1c(Br)c(OC)cc(OC)c1Cc1ccc(OC)cc1. The summed E-state index contributed by atoms with van der Waals surface area (Å²) in [5.41, 5.74) is 6.46. The molecule has 0 saturated carbocycles. The van der Waals surface area contributed by atoms with E-state index in [1.54, 1.807) is 42.7 Å². The third kappa shape index (κ3) is 7.26. The van der Waals surface area contributed by atoms with Gasteiger partial charge in [-0.15, -0.1) is 0 Å². The molecule has 2 unspecified atom stereocenters. The highest BCUT2D eigenvalue weighted by molar-refractivity contribution is 9.11. The van der Waals surface area contributed by atoms with Crippen LogP contribution in [0, 0.1) is 0 Å². The number of benzene rings is 4. The van der Waals surface area contributed by atoms with Crippen molar-refractivity contribution in [1.29, 1.82) is 0 Å². The smallest absolute Gasteiger partial charge is 0.137 e. The molecule has 0 N–H and O–H groups in total. The molecule has 4 rings (SSSR count). The van der Waals surface area contributed by atoms with Gasteiger partial charge in [0.25, 0.3) is 0 Å². The Morgan fingerprint density at radius 2 is 1.09 bits per heavy atom. The van der Waals surface area contributed by atoms with E-state index in [4.69, 9.17) is 28.4 Å². The molecule has 0 spiro atoms. The van der Waals surface area contributed by atoms with E-state index < -0.39 is 0 Å². The van der Waals surface area contributed by atoms with E-state index >= 15 is 0 Å². The van der Waals surface area contributed by atoms with Gasteiger partial charge in [-0.25, -0.2) is 0 Å². The first-order valence-electron chi connectivity index (χ1n) is 14.5. The highest BCUT2D eigenvalue weighted by Gasteiger charge is 2.36. The number of ether oxygens (including phenoxy) is 6. The summed E-state index contributed by atoms with van der Waals surface area (Å²) >= 11 is 11.7. The van der Waals surface area contributed by atoms with Gasteiger partial charge >= 0.3 is 0 Å². The minimum atomic E-state index is -0.209. The van der Waals surface area contributed by atoms with Gasteiger partial charge in [0.1, 0.15) is 34.5 Å². The molecule has 45 heavy (non-hydrogen) atoms. The average Bonchev–Trinajstić information content (AvgIpc) is 3.08. The van der Waals surface area contributed by atoms with Crippen LogP contribution in [0.2, 0.25) is 0 Å². The molecule has 9 heteroatoms. The Bertz CT molecular complexity index is 1590. The maximum atomic E-state index is 6.16. The van der Waals surface area contributed by atoms with Gasteiger partial charge in [0, 0.05) is 40.9 Å². The lowest BCUT2D eigenvalue weighted by Gasteiger charge is -2.34. The van der Waals surface area contributed by atoms with E-state index in [1.165, 1.54) is 5.56 Å². The van der Waals surface area contributed by atoms with Crippen molar-refractivity contribution < 1.29 is 28.4 Å². The van der Waals surface area contributed by atoms with Crippen molar-refractivity contribution >= 4 is 47.8 Å². The first-order valence-corrected chi connectivity index (χ1v) is 17.2. The van der Waals surface area contributed by atoms with Crippen molar-refractivity contribution in [3.8, 4) is 34.5 Å². The van der Waals surface area contributed by atoms with Crippen LogP contribution >= 0.6 is 47.8 Å². The largest absolute Gasteiger partial charge is 0.497 e. The molecular weight excluding hydrogens is 768 g/mol. The summed E-state index contributed by atoms with van der Waals surface area (Å²) < 4.78 is 36.6. The van der Waals surface area contributed by atoms with Crippen LogP contribution in [-0.2, 0) is 11.8 Å². The molecule has 0 amide bonds. The summed E-state index contributed by atoms with van der Waals surface area (Å²) in [5, 5.41) is 0.568. The summed E-state index contributed by atoms with van der Waals surface area (Å²) in [5.74, 6) is 4.27. The first-order chi connectivity index (χ1) is 21.8. The van der Waals surface area contributed by atoms with Crippen molar-refractivity contribution in [3.63, 3.8) is 0 Å². The summed E-state index contributed by atoms with van der Waals surface area (Å²) in [6.45, 7) is 2.22. The van der Waals surface area contributed by atoms with Crippen LogP contribution in [0.4, 0.5) is 0 Å². The Morgan fingerprint density at radius 3 is 1.58 bits per heavy atom. The predicted octanol–water partition coefficient (Wildman–Crippen LogP) is 10.1. The lowest BCUT2D eigenvalue weighted by molar-refractivity contribution is 0.380. The Balaban J connectivity index is 2.15. The van der Waals surface area contributed by atoms with Crippen molar-refractivity contribution in [2.75, 3.05) is 42.7 Å². The second-order valence-electron chi connectivity index (χ2n) is 10.4. The van der Waals surface area contributed by atoms with E-state index in [9.17, 15) is 0 Å². The molecule has 0 bridgehead atoms. The number of hydrogen-bond acceptors (Lipinski definition) is 6. The number of hydrogen-bond donors (Lipinski definition) is 0. The van der Waals surface area contributed by atoms with E-state index in [2.05, 4.69) is 79.0 Å². The molecule has 0 saturated heterocycles. The van der Waals surface area contributed by atoms with Crippen molar-refractivity contribution in [2.24, 2.45) is 0 Å². The monoisotopic (exact) mass is 804 g/mol. The first kappa shape index (κ1) is 35.0. The zero-order chi connectivity index (χ0) is 32.7. The molecule has 4 aromatic rings. The maximum Gasteiger partial charge on any atom is 0.137 e. The number of methoxy groups -OCH3 is 6. The second kappa shape index (κ2) is 16.1. The fraction of sp³-hybridized carbons (Fsp3) is 0.333. The molecule has 0 aliphatic rings. The van der Waals surface area contributed by atoms with Crippen molar-refractivity contribution in [2.45, 2.75) is 36.9 Å². The topological polar surface area (TPSA) is 55.4 Å². The fourth-order valence-electron chi connectivity index (χ4n) is 5.98. The van der Waals surface area contributed by atoms with E-state index in [1.807, 2.05) is 36.4 Å². The quantitative estimate of drug-likeness (QED) is 0.118. The van der Waals surface area contributed by atoms with Crippen LogP contribution in [0.25, 0.3) is 0 Å². The molecule has 240 valence electrons. The number of rotatable bonds is 14. The second-order valence-corrected chi connectivity index (χ2v) is 12.5. The van der Waals surface area contributed by atoms with E-state index in [-0.39, 0.29) is 11.8 Å². The van der Waals surface area contributed by atoms with Gasteiger partial charge in [-0.1, -0.05) is 47.1 Å². The molecule has 0 aliphatic heterocycles. The van der Waals surface area contributed by atoms with Crippen LogP contribution < -0.4 is 28.4 Å². The van der Waals surface area contributed by atoms with Crippen LogP contribution in [0.5, 0.6) is 34.5 Å². The van der Waals surface area contributed by atoms with Gasteiger partial charge in [0.15, 0.2) is 0 Å². The standard InChI is InChI=1S/C36H39Br3O6/c1-8-25(22-11-15-24(41-3)16-12-22)33(32-27(20-37)35(38)30(44-6)19-29(32)43-5)34-26(17-21-9-13-23(40-2)14-10-21)28(42-4)18-31(45-7)36(34)39/h9-16,18-19,25,33H,8,17,20H2,1-7H3. The highest BCUT2D eigenvalue weighted by Crippen LogP contribution is 2.54. The molecular formula is C36H39Br3O6. The summed E-state index contributed by atoms with van der Waals surface area (Å²) in [6.07, 6.45) is 1.45. The molecule has 4 aromatic carbocycles. The minimum Gasteiger partial charge on any atom is -0.497 e. The lowest BCUT2D eigenvalue weighted by atomic mass is 9.72. The Hall–Kier alpha value is -2.88. The third-order valence-corrected chi connectivity index (χ3v) is 10.5. The van der Waals surface area contributed by atoms with Gasteiger partial charge in [0.2, 0.25) is 0 Å². The van der Waals surface area contributed by atoms with Crippen molar-refractivity contribution in [1.82, 2.24) is 0 Å². The Morgan fingerprint density at radius 1 is 0.578 bits per heavy atom. The van der Waals surface area contributed by atoms with Crippen LogP contribution in [0.3, 0.4) is 0 Å². The number of alkyl halides is 1. The highest BCUT2D eigenvalue weighted by atomic mass is 79.9. The van der Waals surface area contributed by atoms with Gasteiger partial charge in [0.05, 0.1) is 51.6 Å². The van der Waals surface area contributed by atoms with Gasteiger partial charge in [-0.05, 0) is 90.7 Å². The molecule has 0 heterocycles. The van der Waals surface area contributed by atoms with Gasteiger partial charge < -0.3 is 28.4 Å². The normalized spacial score (nSPS) is 12.3. The maximum absolute atomic E-state index is 6.16. The molecule has 0 aromatic heterocycles. The van der Waals surface area contributed by atoms with Crippen molar-refractivity contribution in [3.05, 3.63) is 103 Å².